The Morgan fingerprint density at radius 1 is 1.21 bits per heavy atom. The van der Waals surface area contributed by atoms with Gasteiger partial charge >= 0.3 is 0 Å². The number of ether oxygens (including phenoxy) is 1. The first kappa shape index (κ1) is 26.3. The number of rotatable bonds is 3. The van der Waals surface area contributed by atoms with E-state index in [1.54, 1.807) is 19.3 Å². The van der Waals surface area contributed by atoms with Gasteiger partial charge in [0, 0.05) is 42.7 Å². The van der Waals surface area contributed by atoms with Gasteiger partial charge in [-0.3, -0.25) is 9.79 Å². The van der Waals surface area contributed by atoms with Crippen molar-refractivity contribution in [2.24, 2.45) is 15.4 Å². The molecule has 0 aliphatic carbocycles. The van der Waals surface area contributed by atoms with Crippen molar-refractivity contribution in [3.8, 4) is 0 Å². The van der Waals surface area contributed by atoms with E-state index in [4.69, 9.17) is 9.73 Å². The number of amidine groups is 1. The maximum absolute atomic E-state index is 13.0. The minimum Gasteiger partial charge on any atom is -0.374 e. The van der Waals surface area contributed by atoms with E-state index in [0.717, 1.165) is 43.7 Å². The highest BCUT2D eigenvalue weighted by atomic mass is 16.5. The predicted octanol–water partition coefficient (Wildman–Crippen LogP) is 3.96. The van der Waals surface area contributed by atoms with Crippen LogP contribution in [-0.4, -0.2) is 71.7 Å². The molecule has 0 spiro atoms. The summed E-state index contributed by atoms with van der Waals surface area (Å²) in [4.78, 5) is 31.5. The number of hydrogen-bond donors (Lipinski definition) is 1. The summed E-state index contributed by atoms with van der Waals surface area (Å²) in [6, 6.07) is 9.75. The van der Waals surface area contributed by atoms with Crippen LogP contribution in [0.4, 0.5) is 11.5 Å². The molecular weight excluding hydrogens is 478 g/mol. The first-order chi connectivity index (χ1) is 18.1. The molecule has 2 atom stereocenters. The molecule has 2 aromatic heterocycles. The van der Waals surface area contributed by atoms with Crippen LogP contribution < -0.4 is 15.8 Å². The quantitative estimate of drug-likeness (QED) is 0.490. The average molecular weight is 518 g/mol. The first-order valence-corrected chi connectivity index (χ1v) is 13.4. The van der Waals surface area contributed by atoms with Gasteiger partial charge in [0.2, 0.25) is 5.96 Å². The predicted molar refractivity (Wildman–Crippen MR) is 153 cm³/mol. The van der Waals surface area contributed by atoms with E-state index in [9.17, 15) is 4.79 Å². The SMILES string of the molecule is C=C1/C(=N\C(=NC)Nc2ccn(C3CCN(C)CC3)c(=O)c2)N(c2ccccn2)[C@@H]2CC(C)(C)OC[C@]12C. The molecule has 5 rings (SSSR count). The van der Waals surface area contributed by atoms with Gasteiger partial charge in [-0.2, -0.15) is 4.99 Å². The highest BCUT2D eigenvalue weighted by Crippen LogP contribution is 2.50. The van der Waals surface area contributed by atoms with Crippen molar-refractivity contribution in [3.05, 3.63) is 65.2 Å². The van der Waals surface area contributed by atoms with E-state index >= 15 is 0 Å². The van der Waals surface area contributed by atoms with E-state index in [-0.39, 0.29) is 28.7 Å². The van der Waals surface area contributed by atoms with Gasteiger partial charge in [-0.05, 0) is 77.0 Å². The number of guanidine groups is 1. The second-order valence-electron chi connectivity index (χ2n) is 11.5. The average Bonchev–Trinajstić information content (AvgIpc) is 3.10. The van der Waals surface area contributed by atoms with E-state index < -0.39 is 0 Å². The van der Waals surface area contributed by atoms with E-state index in [1.807, 2.05) is 35.0 Å². The van der Waals surface area contributed by atoms with Gasteiger partial charge in [0.15, 0.2) is 0 Å². The van der Waals surface area contributed by atoms with E-state index in [1.165, 1.54) is 0 Å². The number of nitrogens with zero attached hydrogens (tertiary/aromatic N) is 6. The third-order valence-corrected chi connectivity index (χ3v) is 8.29. The Kier molecular flexibility index (Phi) is 7.00. The molecule has 0 radical (unpaired) electrons. The zero-order chi connectivity index (χ0) is 27.1. The van der Waals surface area contributed by atoms with Crippen LogP contribution in [0, 0.1) is 5.41 Å². The summed E-state index contributed by atoms with van der Waals surface area (Å²) in [5.74, 6) is 1.93. The van der Waals surface area contributed by atoms with Gasteiger partial charge in [0.05, 0.1) is 18.2 Å². The van der Waals surface area contributed by atoms with Crippen LogP contribution in [0.1, 0.15) is 46.1 Å². The fourth-order valence-electron chi connectivity index (χ4n) is 5.80. The number of pyridine rings is 2. The normalized spacial score (nSPS) is 27.6. The number of fused-ring (bicyclic) bond motifs is 1. The molecule has 3 aliphatic rings. The Bertz CT molecular complexity index is 1310. The van der Waals surface area contributed by atoms with Crippen molar-refractivity contribution < 1.29 is 4.74 Å². The van der Waals surface area contributed by atoms with Gasteiger partial charge in [-0.15, -0.1) is 0 Å². The van der Waals surface area contributed by atoms with Crippen molar-refractivity contribution >= 4 is 23.3 Å². The third-order valence-electron chi connectivity index (χ3n) is 8.29. The van der Waals surface area contributed by atoms with E-state index in [2.05, 4.69) is 59.5 Å². The fraction of sp³-hybridized carbons (Fsp3) is 0.517. The number of nitrogens with one attached hydrogen (secondary N) is 1. The standard InChI is InChI=1S/C29H39N7O2/c1-20-26(36(24-9-7-8-13-31-24)23-18-28(2,3)38-19-29(20,23)4)33-27(30-5)32-21-10-16-35(25(37)17-21)22-11-14-34(6)15-12-22/h7-10,13,16-17,22-23H,1,11-12,14-15,18-19H2,2-6H3,(H,30,32)/b33-26+/t23-,29-/m1/s1. The summed E-state index contributed by atoms with van der Waals surface area (Å²) < 4.78 is 8.09. The lowest BCUT2D eigenvalue weighted by Gasteiger charge is -2.45. The summed E-state index contributed by atoms with van der Waals surface area (Å²) >= 11 is 0. The third kappa shape index (κ3) is 4.92. The number of piperidine rings is 1. The second-order valence-corrected chi connectivity index (χ2v) is 11.5. The molecule has 1 N–H and O–H groups in total. The van der Waals surface area contributed by atoms with Gasteiger partial charge in [0.1, 0.15) is 11.7 Å². The van der Waals surface area contributed by atoms with Gasteiger partial charge < -0.3 is 24.4 Å². The highest BCUT2D eigenvalue weighted by Gasteiger charge is 2.56. The summed E-state index contributed by atoms with van der Waals surface area (Å²) in [6.45, 7) is 13.4. The molecule has 9 nitrogen and oxygen atoms in total. The Balaban J connectivity index is 1.45. The number of aliphatic imine (C=N–C) groups is 2. The lowest BCUT2D eigenvalue weighted by Crippen LogP contribution is -2.52. The molecule has 3 aliphatic heterocycles. The molecule has 9 heteroatoms. The molecule has 0 bridgehead atoms. The molecule has 38 heavy (non-hydrogen) atoms. The summed E-state index contributed by atoms with van der Waals surface area (Å²) in [5, 5.41) is 3.26. The number of likely N-dealkylation sites (tertiary alicyclic amines) is 1. The Labute approximate surface area is 224 Å². The second kappa shape index (κ2) is 10.1. The molecule has 0 unspecified atom stereocenters. The van der Waals surface area contributed by atoms with Crippen molar-refractivity contribution in [1.29, 1.82) is 0 Å². The number of aromatic nitrogens is 2. The monoisotopic (exact) mass is 517 g/mol. The minimum absolute atomic E-state index is 0.0223. The zero-order valence-electron chi connectivity index (χ0n) is 23.1. The van der Waals surface area contributed by atoms with Crippen LogP contribution in [0.25, 0.3) is 0 Å². The van der Waals surface area contributed by atoms with Crippen LogP contribution in [0.5, 0.6) is 0 Å². The zero-order valence-corrected chi connectivity index (χ0v) is 23.1. The van der Waals surface area contributed by atoms with Crippen molar-refractivity contribution in [2.75, 3.05) is 44.0 Å². The molecule has 3 saturated heterocycles. The molecular formula is C29H39N7O2. The first-order valence-electron chi connectivity index (χ1n) is 13.4. The summed E-state index contributed by atoms with van der Waals surface area (Å²) in [5.41, 5.74) is 0.935. The van der Waals surface area contributed by atoms with Crippen LogP contribution in [0.3, 0.4) is 0 Å². The molecule has 0 aromatic carbocycles. The number of hydrogen-bond acceptors (Lipinski definition) is 5. The van der Waals surface area contributed by atoms with Crippen molar-refractivity contribution in [2.45, 2.75) is 57.7 Å². The molecule has 5 heterocycles. The largest absolute Gasteiger partial charge is 0.374 e. The fourth-order valence-corrected chi connectivity index (χ4v) is 5.80. The van der Waals surface area contributed by atoms with Crippen LogP contribution >= 0.6 is 0 Å². The molecule has 202 valence electrons. The van der Waals surface area contributed by atoms with Crippen LogP contribution in [0.15, 0.2) is 69.7 Å². The van der Waals surface area contributed by atoms with Gasteiger partial charge in [-0.1, -0.05) is 19.6 Å². The van der Waals surface area contributed by atoms with Crippen molar-refractivity contribution in [1.82, 2.24) is 14.5 Å². The highest BCUT2D eigenvalue weighted by molar-refractivity contribution is 6.18. The summed E-state index contributed by atoms with van der Waals surface area (Å²) in [6.07, 6.45) is 6.43. The maximum atomic E-state index is 13.0. The van der Waals surface area contributed by atoms with Crippen LogP contribution in [-0.2, 0) is 4.74 Å². The van der Waals surface area contributed by atoms with Gasteiger partial charge in [0.25, 0.3) is 5.56 Å². The van der Waals surface area contributed by atoms with Gasteiger partial charge in [-0.25, -0.2) is 4.98 Å². The maximum Gasteiger partial charge on any atom is 0.252 e. The molecule has 0 amide bonds. The topological polar surface area (TPSA) is 87.4 Å². The lowest BCUT2D eigenvalue weighted by atomic mass is 9.73. The Hall–Kier alpha value is -3.30. The minimum atomic E-state index is -0.320. The molecule has 3 fully saturated rings. The lowest BCUT2D eigenvalue weighted by molar-refractivity contribution is -0.100. The molecule has 2 aromatic rings. The molecule has 0 saturated carbocycles. The number of anilines is 2. The van der Waals surface area contributed by atoms with Crippen LogP contribution in [0.2, 0.25) is 0 Å². The van der Waals surface area contributed by atoms with Crippen molar-refractivity contribution in [3.63, 3.8) is 0 Å². The smallest absolute Gasteiger partial charge is 0.252 e. The Morgan fingerprint density at radius 2 is 1.97 bits per heavy atom. The summed E-state index contributed by atoms with van der Waals surface area (Å²) in [7, 11) is 3.81. The Morgan fingerprint density at radius 3 is 2.63 bits per heavy atom. The van der Waals surface area contributed by atoms with E-state index in [0.29, 0.717) is 24.1 Å².